The zero-order valence-electron chi connectivity index (χ0n) is 28.7. The normalized spacial score (nSPS) is 17.9. The Kier molecular flexibility index (Phi) is 11.3. The Labute approximate surface area is 313 Å². The molecule has 3 N–H and O–H groups in total. The second-order valence-corrected chi connectivity index (χ2v) is 15.9. The minimum atomic E-state index is -5.08. The first-order valence-corrected chi connectivity index (χ1v) is 19.1. The standard InChI is InChI=1S/C36H36ClF2N3O4S.C2HF3O2/c37-29-13-7-25(8-14-29)24-5-11-28(12-6-24)36(38,39)33(34(43)42-20-19-40-35(23-42)17-18-35)41-47(44,45)32-16-10-26-21-31(15-9-27(26)22-32)46-30-3-1-2-4-30;3-2(4,5)1(6)7/h5-16,21-22,30,33,40-41H,1-4,17-20,23H2;(H,6,7)/t33-;/m0./s1. The maximum absolute atomic E-state index is 16.5. The van der Waals surface area contributed by atoms with E-state index in [-0.39, 0.29) is 29.6 Å². The summed E-state index contributed by atoms with van der Waals surface area (Å²) in [6.45, 7) is 0.895. The smallest absolute Gasteiger partial charge is 0.490 e. The van der Waals surface area contributed by atoms with Crippen molar-refractivity contribution in [3.8, 4) is 16.9 Å². The molecule has 0 bridgehead atoms. The maximum Gasteiger partial charge on any atom is 0.490 e. The lowest BCUT2D eigenvalue weighted by Crippen LogP contribution is -2.61. The highest BCUT2D eigenvalue weighted by Gasteiger charge is 2.53. The summed E-state index contributed by atoms with van der Waals surface area (Å²) in [4.78, 5) is 24.0. The molecule has 4 aromatic rings. The molecule has 1 aliphatic heterocycles. The summed E-state index contributed by atoms with van der Waals surface area (Å²) in [5, 5.41) is 12.4. The van der Waals surface area contributed by atoms with Crippen molar-refractivity contribution < 1.29 is 49.8 Å². The number of carboxylic acids is 1. The van der Waals surface area contributed by atoms with Gasteiger partial charge in [0, 0.05) is 35.8 Å². The molecule has 3 fully saturated rings. The van der Waals surface area contributed by atoms with Gasteiger partial charge in [0.15, 0.2) is 6.04 Å². The van der Waals surface area contributed by atoms with Crippen molar-refractivity contribution in [2.75, 3.05) is 19.6 Å². The van der Waals surface area contributed by atoms with E-state index >= 15 is 8.78 Å². The van der Waals surface area contributed by atoms with E-state index < -0.39 is 45.6 Å². The molecular formula is C38H37ClF5N3O6S. The van der Waals surface area contributed by atoms with Crippen molar-refractivity contribution in [2.24, 2.45) is 0 Å². The van der Waals surface area contributed by atoms with Crippen LogP contribution in [-0.2, 0) is 25.5 Å². The molecule has 288 valence electrons. The Hall–Kier alpha value is -4.31. The number of hydrogen-bond acceptors (Lipinski definition) is 6. The van der Waals surface area contributed by atoms with Gasteiger partial charge in [0.1, 0.15) is 5.75 Å². The number of carboxylic acid groups (broad SMARTS) is 1. The zero-order chi connectivity index (χ0) is 38.9. The first-order chi connectivity index (χ1) is 25.5. The van der Waals surface area contributed by atoms with Crippen LogP contribution >= 0.6 is 11.6 Å². The fraction of sp³-hybridized carbons (Fsp3) is 0.368. The van der Waals surface area contributed by atoms with E-state index in [1.165, 1.54) is 41.3 Å². The van der Waals surface area contributed by atoms with Crippen LogP contribution in [0.2, 0.25) is 5.02 Å². The minimum absolute atomic E-state index is 0.173. The Morgan fingerprint density at radius 3 is 2.06 bits per heavy atom. The van der Waals surface area contributed by atoms with Gasteiger partial charge in [-0.15, -0.1) is 0 Å². The summed E-state index contributed by atoms with van der Waals surface area (Å²) in [5.74, 6) is -6.88. The molecule has 54 heavy (non-hydrogen) atoms. The molecule has 1 amide bonds. The number of rotatable bonds is 9. The molecule has 16 heteroatoms. The van der Waals surface area contributed by atoms with Crippen molar-refractivity contribution in [3.05, 3.63) is 95.5 Å². The average molecular weight is 794 g/mol. The van der Waals surface area contributed by atoms with Crippen LogP contribution in [0.4, 0.5) is 22.0 Å². The summed E-state index contributed by atoms with van der Waals surface area (Å²) >= 11 is 5.99. The zero-order valence-corrected chi connectivity index (χ0v) is 30.3. The van der Waals surface area contributed by atoms with E-state index in [1.54, 1.807) is 42.5 Å². The summed E-state index contributed by atoms with van der Waals surface area (Å²) < 4.78 is 101. The van der Waals surface area contributed by atoms with Crippen molar-refractivity contribution >= 4 is 44.3 Å². The molecule has 1 heterocycles. The second-order valence-electron chi connectivity index (χ2n) is 13.7. The molecule has 1 atom stereocenters. The summed E-state index contributed by atoms with van der Waals surface area (Å²) in [6.07, 6.45) is 1.05. The molecule has 4 aromatic carbocycles. The Balaban J connectivity index is 0.000000649. The van der Waals surface area contributed by atoms with E-state index in [0.29, 0.717) is 28.3 Å². The van der Waals surface area contributed by atoms with Gasteiger partial charge >= 0.3 is 12.1 Å². The molecule has 7 rings (SSSR count). The Morgan fingerprint density at radius 1 is 0.889 bits per heavy atom. The third-order valence-electron chi connectivity index (χ3n) is 9.81. The number of aliphatic carboxylic acids is 1. The number of fused-ring (bicyclic) bond motifs is 1. The second kappa shape index (κ2) is 15.4. The average Bonchev–Trinajstić information content (AvgIpc) is 3.66. The number of nitrogens with one attached hydrogen (secondary N) is 2. The quantitative estimate of drug-likeness (QED) is 0.150. The third kappa shape index (κ3) is 9.13. The molecule has 2 aliphatic carbocycles. The van der Waals surface area contributed by atoms with Gasteiger partial charge in [-0.25, -0.2) is 13.2 Å². The van der Waals surface area contributed by atoms with Crippen molar-refractivity contribution in [2.45, 2.75) is 73.2 Å². The number of amides is 1. The van der Waals surface area contributed by atoms with Crippen molar-refractivity contribution in [1.29, 1.82) is 0 Å². The van der Waals surface area contributed by atoms with E-state index in [0.717, 1.165) is 49.5 Å². The number of piperazine rings is 1. The van der Waals surface area contributed by atoms with Crippen molar-refractivity contribution in [3.63, 3.8) is 0 Å². The number of hydrogen-bond donors (Lipinski definition) is 3. The highest BCUT2D eigenvalue weighted by atomic mass is 35.5. The van der Waals surface area contributed by atoms with Gasteiger partial charge in [-0.2, -0.15) is 26.7 Å². The van der Waals surface area contributed by atoms with Crippen LogP contribution in [0.25, 0.3) is 21.9 Å². The van der Waals surface area contributed by atoms with Gasteiger partial charge in [0.25, 0.3) is 5.92 Å². The van der Waals surface area contributed by atoms with E-state index in [1.807, 2.05) is 6.07 Å². The Bertz CT molecular complexity index is 2110. The Morgan fingerprint density at radius 2 is 1.46 bits per heavy atom. The first kappa shape index (κ1) is 39.4. The third-order valence-corrected chi connectivity index (χ3v) is 11.5. The fourth-order valence-corrected chi connectivity index (χ4v) is 8.00. The number of ether oxygens (including phenoxy) is 1. The minimum Gasteiger partial charge on any atom is -0.490 e. The number of alkyl halides is 5. The van der Waals surface area contributed by atoms with Crippen molar-refractivity contribution in [1.82, 2.24) is 14.9 Å². The summed E-state index contributed by atoms with van der Waals surface area (Å²) in [7, 11) is -4.56. The maximum atomic E-state index is 16.5. The summed E-state index contributed by atoms with van der Waals surface area (Å²) in [6, 6.07) is 20.0. The molecule has 0 aromatic heterocycles. The van der Waals surface area contributed by atoms with Crippen LogP contribution in [0.3, 0.4) is 0 Å². The molecule has 2 saturated carbocycles. The molecule has 1 saturated heterocycles. The lowest BCUT2D eigenvalue weighted by Gasteiger charge is -2.38. The van der Waals surface area contributed by atoms with Gasteiger partial charge < -0.3 is 20.1 Å². The SMILES string of the molecule is O=C(O)C(F)(F)F.O=C([C@H](NS(=O)(=O)c1ccc2cc(OC3CCCC3)ccc2c1)C(F)(F)c1ccc(-c2ccc(Cl)cc2)cc1)N1CCNC2(CC2)C1. The summed E-state index contributed by atoms with van der Waals surface area (Å²) in [5.41, 5.74) is 0.698. The number of benzene rings is 4. The molecule has 1 spiro atoms. The number of nitrogens with zero attached hydrogens (tertiary/aromatic N) is 1. The van der Waals surface area contributed by atoms with E-state index in [9.17, 15) is 26.4 Å². The number of carbonyl (C=O) groups excluding carboxylic acids is 1. The molecule has 9 nitrogen and oxygen atoms in total. The predicted molar refractivity (Wildman–Crippen MR) is 192 cm³/mol. The van der Waals surface area contributed by atoms with Crippen LogP contribution in [0.5, 0.6) is 5.75 Å². The van der Waals surface area contributed by atoms with Gasteiger partial charge in [0.05, 0.1) is 11.0 Å². The highest BCUT2D eigenvalue weighted by Crippen LogP contribution is 2.40. The van der Waals surface area contributed by atoms with Crippen LogP contribution in [-0.4, -0.2) is 73.8 Å². The molecule has 0 unspecified atom stereocenters. The number of sulfonamides is 1. The molecule has 3 aliphatic rings. The molecule has 0 radical (unpaired) electrons. The van der Waals surface area contributed by atoms with Crippen LogP contribution in [0.15, 0.2) is 89.8 Å². The van der Waals surface area contributed by atoms with E-state index in [2.05, 4.69) is 10.0 Å². The number of halogens is 6. The van der Waals surface area contributed by atoms with Gasteiger partial charge in [-0.3, -0.25) is 4.79 Å². The molecular weight excluding hydrogens is 757 g/mol. The monoisotopic (exact) mass is 793 g/mol. The highest BCUT2D eigenvalue weighted by molar-refractivity contribution is 7.89. The fourth-order valence-electron chi connectivity index (χ4n) is 6.65. The topological polar surface area (TPSA) is 125 Å². The lowest BCUT2D eigenvalue weighted by molar-refractivity contribution is -0.192. The lowest BCUT2D eigenvalue weighted by atomic mass is 9.97. The largest absolute Gasteiger partial charge is 0.490 e. The first-order valence-electron chi connectivity index (χ1n) is 17.3. The van der Waals surface area contributed by atoms with Gasteiger partial charge in [0.2, 0.25) is 15.9 Å². The number of carbonyl (C=O) groups is 2. The van der Waals surface area contributed by atoms with E-state index in [4.69, 9.17) is 26.2 Å². The van der Waals surface area contributed by atoms with Crippen LogP contribution in [0.1, 0.15) is 44.1 Å². The van der Waals surface area contributed by atoms with Crippen LogP contribution < -0.4 is 14.8 Å². The van der Waals surface area contributed by atoms with Crippen LogP contribution in [0, 0.1) is 0 Å². The van der Waals surface area contributed by atoms with Gasteiger partial charge in [-0.05, 0) is 96.8 Å². The van der Waals surface area contributed by atoms with Gasteiger partial charge in [-0.1, -0.05) is 60.1 Å². The predicted octanol–water partition coefficient (Wildman–Crippen LogP) is 7.52.